The van der Waals surface area contributed by atoms with E-state index >= 15 is 0 Å². The van der Waals surface area contributed by atoms with Crippen molar-refractivity contribution in [3.63, 3.8) is 0 Å². The molecule has 6 heteroatoms. The summed E-state index contributed by atoms with van der Waals surface area (Å²) < 4.78 is 2.30. The van der Waals surface area contributed by atoms with Crippen molar-refractivity contribution >= 4 is 27.5 Å². The minimum atomic E-state index is -0.208. The number of carbonyl (C=O) groups is 1. The number of halogens is 1. The lowest BCUT2D eigenvalue weighted by atomic mass is 10.2. The van der Waals surface area contributed by atoms with Crippen LogP contribution in [0.3, 0.4) is 0 Å². The van der Waals surface area contributed by atoms with Crippen molar-refractivity contribution in [3.05, 3.63) is 45.7 Å². The van der Waals surface area contributed by atoms with Gasteiger partial charge in [-0.25, -0.2) is 0 Å². The maximum atomic E-state index is 12.3. The molecular formula is C14H13BrN4O. The van der Waals surface area contributed by atoms with Crippen molar-refractivity contribution < 1.29 is 4.79 Å². The van der Waals surface area contributed by atoms with E-state index in [-0.39, 0.29) is 5.91 Å². The molecule has 0 aliphatic heterocycles. The molecule has 0 atom stereocenters. The first kappa shape index (κ1) is 14.3. The Balaban J connectivity index is 2.26. The third-order valence-electron chi connectivity index (χ3n) is 2.83. The number of amides is 1. The first-order valence-electron chi connectivity index (χ1n) is 6.08. The Bertz CT molecular complexity index is 700. The topological polar surface area (TPSA) is 70.7 Å². The molecule has 0 aliphatic rings. The summed E-state index contributed by atoms with van der Waals surface area (Å²) in [7, 11) is 1.79. The zero-order chi connectivity index (χ0) is 14.7. The SMILES string of the molecule is CCc1nn(C)cc1C(=O)Nc1ccc(C#N)cc1Br. The van der Waals surface area contributed by atoms with Crippen molar-refractivity contribution in [2.75, 3.05) is 5.32 Å². The minimum absolute atomic E-state index is 0.208. The monoisotopic (exact) mass is 332 g/mol. The van der Waals surface area contributed by atoms with Crippen molar-refractivity contribution in [3.8, 4) is 6.07 Å². The van der Waals surface area contributed by atoms with E-state index in [9.17, 15) is 4.79 Å². The largest absolute Gasteiger partial charge is 0.321 e. The number of aromatic nitrogens is 2. The molecule has 0 fully saturated rings. The molecule has 1 heterocycles. The van der Waals surface area contributed by atoms with Gasteiger partial charge in [0, 0.05) is 17.7 Å². The summed E-state index contributed by atoms with van der Waals surface area (Å²) in [6.45, 7) is 1.96. The first-order valence-corrected chi connectivity index (χ1v) is 6.88. The Morgan fingerprint density at radius 2 is 2.30 bits per heavy atom. The summed E-state index contributed by atoms with van der Waals surface area (Å²) in [5.41, 5.74) is 2.48. The molecule has 2 rings (SSSR count). The van der Waals surface area contributed by atoms with Gasteiger partial charge in [0.25, 0.3) is 5.91 Å². The summed E-state index contributed by atoms with van der Waals surface area (Å²) >= 11 is 3.34. The number of hydrogen-bond donors (Lipinski definition) is 1. The summed E-state index contributed by atoms with van der Waals surface area (Å²) in [4.78, 5) is 12.3. The van der Waals surface area contributed by atoms with Crippen molar-refractivity contribution in [1.82, 2.24) is 9.78 Å². The number of anilines is 1. The molecule has 5 nitrogen and oxygen atoms in total. The number of benzene rings is 1. The number of nitrogens with one attached hydrogen (secondary N) is 1. The second-order valence-electron chi connectivity index (χ2n) is 4.28. The number of nitrogens with zero attached hydrogens (tertiary/aromatic N) is 3. The maximum Gasteiger partial charge on any atom is 0.259 e. The molecule has 0 radical (unpaired) electrons. The molecule has 2 aromatic rings. The molecule has 1 aromatic carbocycles. The van der Waals surface area contributed by atoms with Gasteiger partial charge in [0.2, 0.25) is 0 Å². The van der Waals surface area contributed by atoms with Gasteiger partial charge in [0.05, 0.1) is 28.6 Å². The minimum Gasteiger partial charge on any atom is -0.321 e. The smallest absolute Gasteiger partial charge is 0.259 e. The third kappa shape index (κ3) is 2.89. The summed E-state index contributed by atoms with van der Waals surface area (Å²) in [6, 6.07) is 7.07. The lowest BCUT2D eigenvalue weighted by Gasteiger charge is -2.07. The third-order valence-corrected chi connectivity index (χ3v) is 3.49. The van der Waals surface area contributed by atoms with E-state index in [1.165, 1.54) is 0 Å². The Labute approximate surface area is 125 Å². The average Bonchev–Trinajstić information content (AvgIpc) is 2.82. The number of nitriles is 1. The fraction of sp³-hybridized carbons (Fsp3) is 0.214. The lowest BCUT2D eigenvalue weighted by molar-refractivity contribution is 0.102. The number of carbonyl (C=O) groups excluding carboxylic acids is 1. The van der Waals surface area contributed by atoms with Gasteiger partial charge < -0.3 is 5.32 Å². The molecule has 0 saturated carbocycles. The van der Waals surface area contributed by atoms with Crippen LogP contribution in [0.4, 0.5) is 5.69 Å². The van der Waals surface area contributed by atoms with Crippen LogP contribution < -0.4 is 5.32 Å². The van der Waals surface area contributed by atoms with Gasteiger partial charge in [-0.05, 0) is 40.5 Å². The van der Waals surface area contributed by atoms with Crippen LogP contribution in [-0.2, 0) is 13.5 Å². The molecular weight excluding hydrogens is 320 g/mol. The second kappa shape index (κ2) is 5.88. The highest BCUT2D eigenvalue weighted by atomic mass is 79.9. The van der Waals surface area contributed by atoms with Crippen LogP contribution in [0, 0.1) is 11.3 Å². The Kier molecular flexibility index (Phi) is 4.20. The van der Waals surface area contributed by atoms with Crippen LogP contribution in [0.25, 0.3) is 0 Å². The lowest BCUT2D eigenvalue weighted by Crippen LogP contribution is -2.13. The van der Waals surface area contributed by atoms with Crippen LogP contribution in [0.15, 0.2) is 28.9 Å². The fourth-order valence-electron chi connectivity index (χ4n) is 1.86. The van der Waals surface area contributed by atoms with Crippen LogP contribution >= 0.6 is 15.9 Å². The predicted molar refractivity (Wildman–Crippen MR) is 79.4 cm³/mol. The number of aryl methyl sites for hydroxylation is 2. The molecule has 20 heavy (non-hydrogen) atoms. The normalized spacial score (nSPS) is 10.1. The zero-order valence-corrected chi connectivity index (χ0v) is 12.7. The van der Waals surface area contributed by atoms with Gasteiger partial charge >= 0.3 is 0 Å². The molecule has 102 valence electrons. The molecule has 1 aromatic heterocycles. The van der Waals surface area contributed by atoms with Gasteiger partial charge in [0.15, 0.2) is 0 Å². The van der Waals surface area contributed by atoms with E-state index in [1.54, 1.807) is 36.1 Å². The van der Waals surface area contributed by atoms with Gasteiger partial charge in [-0.1, -0.05) is 6.92 Å². The average molecular weight is 333 g/mol. The second-order valence-corrected chi connectivity index (χ2v) is 5.13. The summed E-state index contributed by atoms with van der Waals surface area (Å²) in [5.74, 6) is -0.208. The molecule has 0 bridgehead atoms. The van der Waals surface area contributed by atoms with Gasteiger partial charge in [-0.2, -0.15) is 10.4 Å². The van der Waals surface area contributed by atoms with Crippen LogP contribution in [0.5, 0.6) is 0 Å². The molecule has 0 aliphatic carbocycles. The zero-order valence-electron chi connectivity index (χ0n) is 11.1. The Morgan fingerprint density at radius 3 is 2.90 bits per heavy atom. The number of hydrogen-bond acceptors (Lipinski definition) is 3. The molecule has 0 unspecified atom stereocenters. The van der Waals surface area contributed by atoms with Crippen molar-refractivity contribution in [2.45, 2.75) is 13.3 Å². The number of rotatable bonds is 3. The summed E-state index contributed by atoms with van der Waals surface area (Å²) in [5, 5.41) is 15.9. The van der Waals surface area contributed by atoms with Crippen molar-refractivity contribution in [1.29, 1.82) is 5.26 Å². The first-order chi connectivity index (χ1) is 9.55. The van der Waals surface area contributed by atoms with E-state index in [1.807, 2.05) is 13.0 Å². The van der Waals surface area contributed by atoms with Crippen molar-refractivity contribution in [2.24, 2.45) is 7.05 Å². The van der Waals surface area contributed by atoms with Gasteiger partial charge in [-0.3, -0.25) is 9.48 Å². The maximum absolute atomic E-state index is 12.3. The molecule has 0 spiro atoms. The fourth-order valence-corrected chi connectivity index (χ4v) is 2.34. The standard InChI is InChI=1S/C14H13BrN4O/c1-3-12-10(8-19(2)18-12)14(20)17-13-5-4-9(7-16)6-11(13)15/h4-6,8H,3H2,1-2H3,(H,17,20). The van der Waals surface area contributed by atoms with E-state index in [4.69, 9.17) is 5.26 Å². The molecule has 1 amide bonds. The highest BCUT2D eigenvalue weighted by Crippen LogP contribution is 2.24. The summed E-state index contributed by atoms with van der Waals surface area (Å²) in [6.07, 6.45) is 2.39. The van der Waals surface area contributed by atoms with Crippen LogP contribution in [0.2, 0.25) is 0 Å². The van der Waals surface area contributed by atoms with E-state index in [2.05, 4.69) is 26.3 Å². The quantitative estimate of drug-likeness (QED) is 0.939. The van der Waals surface area contributed by atoms with E-state index in [0.29, 0.717) is 27.7 Å². The highest BCUT2D eigenvalue weighted by molar-refractivity contribution is 9.10. The predicted octanol–water partition coefficient (Wildman–Crippen LogP) is 2.87. The molecule has 0 saturated heterocycles. The van der Waals surface area contributed by atoms with E-state index in [0.717, 1.165) is 5.69 Å². The highest BCUT2D eigenvalue weighted by Gasteiger charge is 2.15. The Morgan fingerprint density at radius 1 is 1.55 bits per heavy atom. The van der Waals surface area contributed by atoms with Gasteiger partial charge in [0.1, 0.15) is 0 Å². The Hall–Kier alpha value is -2.13. The van der Waals surface area contributed by atoms with Crippen LogP contribution in [-0.4, -0.2) is 15.7 Å². The van der Waals surface area contributed by atoms with Gasteiger partial charge in [-0.15, -0.1) is 0 Å². The van der Waals surface area contributed by atoms with E-state index < -0.39 is 0 Å². The van der Waals surface area contributed by atoms with Crippen LogP contribution in [0.1, 0.15) is 28.5 Å². The molecule has 1 N–H and O–H groups in total.